The maximum absolute atomic E-state index is 11.9. The number of carbonyl (C=O) groups excluding carboxylic acids is 2. The number of amides is 3. The molecule has 1 aromatic rings. The Morgan fingerprint density at radius 1 is 1.28 bits per heavy atom. The number of hydrogen-bond donors (Lipinski definition) is 4. The summed E-state index contributed by atoms with van der Waals surface area (Å²) < 4.78 is 0. The molecule has 0 bridgehead atoms. The van der Waals surface area contributed by atoms with Gasteiger partial charge in [-0.05, 0) is 31.5 Å². The molecule has 1 atom stereocenters. The van der Waals surface area contributed by atoms with Gasteiger partial charge in [0, 0.05) is 11.4 Å². The number of rotatable bonds is 4. The van der Waals surface area contributed by atoms with E-state index >= 15 is 0 Å². The molecule has 6 nitrogen and oxygen atoms in total. The molecule has 0 spiro atoms. The molecule has 18 heavy (non-hydrogen) atoms. The van der Waals surface area contributed by atoms with Gasteiger partial charge in [0.15, 0.2) is 0 Å². The Kier molecular flexibility index (Phi) is 4.28. The van der Waals surface area contributed by atoms with Crippen molar-refractivity contribution in [3.63, 3.8) is 0 Å². The molecule has 0 fully saturated rings. The zero-order valence-electron chi connectivity index (χ0n) is 10.5. The van der Waals surface area contributed by atoms with E-state index in [-0.39, 0.29) is 5.91 Å². The molecule has 1 rings (SSSR count). The lowest BCUT2D eigenvalue weighted by atomic mass is 9.99. The van der Waals surface area contributed by atoms with Crippen molar-refractivity contribution in [3.8, 4) is 0 Å². The van der Waals surface area contributed by atoms with E-state index in [9.17, 15) is 9.59 Å². The topological polar surface area (TPSA) is 110 Å². The van der Waals surface area contributed by atoms with E-state index in [2.05, 4.69) is 10.6 Å². The second-order valence-electron chi connectivity index (χ2n) is 4.30. The van der Waals surface area contributed by atoms with Gasteiger partial charge >= 0.3 is 6.03 Å². The molecule has 6 N–H and O–H groups in total. The van der Waals surface area contributed by atoms with Gasteiger partial charge in [-0.3, -0.25) is 4.79 Å². The van der Waals surface area contributed by atoms with Crippen molar-refractivity contribution in [1.29, 1.82) is 0 Å². The van der Waals surface area contributed by atoms with Gasteiger partial charge in [0.1, 0.15) is 0 Å². The highest BCUT2D eigenvalue weighted by atomic mass is 16.2. The fraction of sp³-hybridized carbons (Fsp3) is 0.333. The van der Waals surface area contributed by atoms with Crippen molar-refractivity contribution in [2.24, 2.45) is 11.5 Å². The third-order valence-electron chi connectivity index (χ3n) is 2.64. The van der Waals surface area contributed by atoms with E-state index < -0.39 is 11.6 Å². The fourth-order valence-electron chi connectivity index (χ4n) is 1.25. The second-order valence-corrected chi connectivity index (χ2v) is 4.30. The van der Waals surface area contributed by atoms with Crippen molar-refractivity contribution < 1.29 is 9.59 Å². The molecule has 6 heteroatoms. The SMILES string of the molecule is CCC(C)(N)C(=O)Nc1cccc(NC(N)=O)c1. The smallest absolute Gasteiger partial charge is 0.316 e. The van der Waals surface area contributed by atoms with Gasteiger partial charge in [-0.2, -0.15) is 0 Å². The monoisotopic (exact) mass is 250 g/mol. The van der Waals surface area contributed by atoms with Gasteiger partial charge in [0.2, 0.25) is 5.91 Å². The van der Waals surface area contributed by atoms with E-state index in [0.29, 0.717) is 17.8 Å². The summed E-state index contributed by atoms with van der Waals surface area (Å²) in [5.41, 5.74) is 11.0. The first kappa shape index (κ1) is 14.0. The Hall–Kier alpha value is -2.08. The molecule has 0 aliphatic heterocycles. The van der Waals surface area contributed by atoms with Crippen molar-refractivity contribution in [1.82, 2.24) is 0 Å². The molecule has 0 aliphatic carbocycles. The van der Waals surface area contributed by atoms with Crippen LogP contribution in [0.15, 0.2) is 24.3 Å². The van der Waals surface area contributed by atoms with Gasteiger partial charge < -0.3 is 22.1 Å². The van der Waals surface area contributed by atoms with Gasteiger partial charge in [-0.15, -0.1) is 0 Å². The number of urea groups is 1. The lowest BCUT2D eigenvalue weighted by Crippen LogP contribution is -2.47. The minimum absolute atomic E-state index is 0.277. The third kappa shape index (κ3) is 3.74. The fourth-order valence-corrected chi connectivity index (χ4v) is 1.25. The van der Waals surface area contributed by atoms with Crippen LogP contribution in [0.1, 0.15) is 20.3 Å². The maximum atomic E-state index is 11.9. The molecule has 1 unspecified atom stereocenters. The molecule has 98 valence electrons. The first-order chi connectivity index (χ1) is 8.35. The van der Waals surface area contributed by atoms with Gasteiger partial charge in [0.05, 0.1) is 5.54 Å². The Labute approximate surface area is 106 Å². The number of nitrogens with one attached hydrogen (secondary N) is 2. The average Bonchev–Trinajstić information content (AvgIpc) is 2.28. The number of anilines is 2. The Morgan fingerprint density at radius 3 is 2.33 bits per heavy atom. The highest BCUT2D eigenvalue weighted by Crippen LogP contribution is 2.16. The molecule has 0 radical (unpaired) electrons. The second kappa shape index (κ2) is 5.50. The van der Waals surface area contributed by atoms with Crippen LogP contribution in [0.25, 0.3) is 0 Å². The predicted octanol–water partition coefficient (Wildman–Crippen LogP) is 1.24. The number of primary amides is 1. The maximum Gasteiger partial charge on any atom is 0.316 e. The first-order valence-corrected chi connectivity index (χ1v) is 5.62. The van der Waals surface area contributed by atoms with Crippen LogP contribution in [0.5, 0.6) is 0 Å². The largest absolute Gasteiger partial charge is 0.351 e. The normalized spacial score (nSPS) is 13.5. The van der Waals surface area contributed by atoms with E-state index in [4.69, 9.17) is 11.5 Å². The van der Waals surface area contributed by atoms with Crippen molar-refractivity contribution in [2.45, 2.75) is 25.8 Å². The van der Waals surface area contributed by atoms with Gasteiger partial charge in [0.25, 0.3) is 0 Å². The Balaban J connectivity index is 2.79. The third-order valence-corrected chi connectivity index (χ3v) is 2.64. The van der Waals surface area contributed by atoms with Crippen LogP contribution in [-0.4, -0.2) is 17.5 Å². The van der Waals surface area contributed by atoms with Crippen LogP contribution >= 0.6 is 0 Å². The van der Waals surface area contributed by atoms with Crippen LogP contribution < -0.4 is 22.1 Å². The van der Waals surface area contributed by atoms with E-state index in [1.807, 2.05) is 6.92 Å². The number of benzene rings is 1. The summed E-state index contributed by atoms with van der Waals surface area (Å²) in [6, 6.07) is 6.02. The lowest BCUT2D eigenvalue weighted by molar-refractivity contribution is -0.120. The van der Waals surface area contributed by atoms with Crippen LogP contribution in [0, 0.1) is 0 Å². The lowest BCUT2D eigenvalue weighted by Gasteiger charge is -2.21. The summed E-state index contributed by atoms with van der Waals surface area (Å²) in [5.74, 6) is -0.277. The van der Waals surface area contributed by atoms with Gasteiger partial charge in [-0.1, -0.05) is 13.0 Å². The summed E-state index contributed by atoms with van der Waals surface area (Å²) in [6.45, 7) is 3.50. The standard InChI is InChI=1S/C12H18N4O2/c1-3-12(2,14)10(17)15-8-5-4-6-9(7-8)16-11(13)18/h4-7H,3,14H2,1-2H3,(H,15,17)(H3,13,16,18). The van der Waals surface area contributed by atoms with Crippen LogP contribution in [0.4, 0.5) is 16.2 Å². The highest BCUT2D eigenvalue weighted by Gasteiger charge is 2.25. The molecule has 3 amide bonds. The number of nitrogens with two attached hydrogens (primary N) is 2. The van der Waals surface area contributed by atoms with Crippen molar-refractivity contribution >= 4 is 23.3 Å². The van der Waals surface area contributed by atoms with Crippen molar-refractivity contribution in [2.75, 3.05) is 10.6 Å². The number of carbonyl (C=O) groups is 2. The summed E-state index contributed by atoms with van der Waals surface area (Å²) in [5, 5.41) is 5.12. The number of hydrogen-bond acceptors (Lipinski definition) is 3. The Morgan fingerprint density at radius 2 is 1.83 bits per heavy atom. The minimum atomic E-state index is -0.923. The summed E-state index contributed by atoms with van der Waals surface area (Å²) >= 11 is 0. The average molecular weight is 250 g/mol. The molecule has 0 heterocycles. The van der Waals surface area contributed by atoms with Crippen LogP contribution in [-0.2, 0) is 4.79 Å². The Bertz CT molecular complexity index is 457. The summed E-state index contributed by atoms with van der Waals surface area (Å²) in [6.07, 6.45) is 0.526. The molecule has 0 saturated heterocycles. The zero-order chi connectivity index (χ0) is 13.8. The van der Waals surface area contributed by atoms with Crippen LogP contribution in [0.2, 0.25) is 0 Å². The first-order valence-electron chi connectivity index (χ1n) is 5.62. The molecule has 1 aromatic carbocycles. The highest BCUT2D eigenvalue weighted by molar-refractivity contribution is 5.98. The van der Waals surface area contributed by atoms with Gasteiger partial charge in [-0.25, -0.2) is 4.79 Å². The van der Waals surface area contributed by atoms with Crippen molar-refractivity contribution in [3.05, 3.63) is 24.3 Å². The zero-order valence-corrected chi connectivity index (χ0v) is 10.5. The molecular weight excluding hydrogens is 232 g/mol. The molecule has 0 saturated carbocycles. The molecule has 0 aromatic heterocycles. The quantitative estimate of drug-likeness (QED) is 0.645. The summed E-state index contributed by atoms with van der Waals surface area (Å²) in [4.78, 5) is 22.6. The van der Waals surface area contributed by atoms with E-state index in [1.54, 1.807) is 31.2 Å². The minimum Gasteiger partial charge on any atom is -0.351 e. The summed E-state index contributed by atoms with van der Waals surface area (Å²) in [7, 11) is 0. The van der Waals surface area contributed by atoms with E-state index in [0.717, 1.165) is 0 Å². The molecular formula is C12H18N4O2. The predicted molar refractivity (Wildman–Crippen MR) is 71.2 cm³/mol. The molecule has 0 aliphatic rings. The van der Waals surface area contributed by atoms with E-state index in [1.165, 1.54) is 0 Å². The van der Waals surface area contributed by atoms with Crippen LogP contribution in [0.3, 0.4) is 0 Å².